The van der Waals surface area contributed by atoms with Gasteiger partial charge in [-0.1, -0.05) is 30.3 Å². The van der Waals surface area contributed by atoms with Crippen LogP contribution in [0.4, 0.5) is 5.69 Å². The molecule has 27 heavy (non-hydrogen) atoms. The molecule has 0 unspecified atom stereocenters. The standard InChI is InChI=1S/C20H17N3O3S/c1-23(27(24,25)19-14-22-20-16(19)10-7-13-21-20)17-11-5-6-12-18(17)26-15-8-3-2-4-9-15/h2-14H,1H3,(H,21,22). The van der Waals surface area contributed by atoms with E-state index in [2.05, 4.69) is 9.97 Å². The molecule has 0 fully saturated rings. The van der Waals surface area contributed by atoms with Crippen LogP contribution in [0, 0.1) is 0 Å². The molecule has 0 saturated heterocycles. The summed E-state index contributed by atoms with van der Waals surface area (Å²) in [5, 5.41) is 0.547. The Hall–Kier alpha value is -3.32. The van der Waals surface area contributed by atoms with Gasteiger partial charge in [-0.15, -0.1) is 0 Å². The summed E-state index contributed by atoms with van der Waals surface area (Å²) >= 11 is 0. The van der Waals surface area contributed by atoms with Gasteiger partial charge in [-0.3, -0.25) is 4.31 Å². The van der Waals surface area contributed by atoms with Crippen molar-refractivity contribution in [2.75, 3.05) is 11.4 Å². The Morgan fingerprint density at radius 1 is 0.963 bits per heavy atom. The number of hydrogen-bond acceptors (Lipinski definition) is 4. The van der Waals surface area contributed by atoms with E-state index in [4.69, 9.17) is 4.74 Å². The number of anilines is 1. The summed E-state index contributed by atoms with van der Waals surface area (Å²) in [6.07, 6.45) is 3.08. The summed E-state index contributed by atoms with van der Waals surface area (Å²) in [6, 6.07) is 19.7. The molecule has 2 aromatic heterocycles. The van der Waals surface area contributed by atoms with E-state index >= 15 is 0 Å². The van der Waals surface area contributed by atoms with E-state index in [-0.39, 0.29) is 4.90 Å². The van der Waals surface area contributed by atoms with E-state index in [1.165, 1.54) is 17.5 Å². The van der Waals surface area contributed by atoms with E-state index in [1.54, 1.807) is 42.6 Å². The highest BCUT2D eigenvalue weighted by Gasteiger charge is 2.27. The molecule has 0 bridgehead atoms. The van der Waals surface area contributed by atoms with Crippen molar-refractivity contribution in [3.05, 3.63) is 79.1 Å². The smallest absolute Gasteiger partial charge is 0.266 e. The quantitative estimate of drug-likeness (QED) is 0.564. The van der Waals surface area contributed by atoms with Crippen LogP contribution in [-0.2, 0) is 10.0 Å². The number of fused-ring (bicyclic) bond motifs is 1. The highest BCUT2D eigenvalue weighted by molar-refractivity contribution is 7.93. The number of pyridine rings is 1. The summed E-state index contributed by atoms with van der Waals surface area (Å²) in [7, 11) is -2.30. The van der Waals surface area contributed by atoms with E-state index in [0.717, 1.165) is 0 Å². The third-order valence-electron chi connectivity index (χ3n) is 4.23. The molecule has 0 radical (unpaired) electrons. The van der Waals surface area contributed by atoms with Gasteiger partial charge in [-0.05, 0) is 36.4 Å². The predicted octanol–water partition coefficient (Wildman–Crippen LogP) is 4.18. The predicted molar refractivity (Wildman–Crippen MR) is 105 cm³/mol. The van der Waals surface area contributed by atoms with Crippen LogP contribution < -0.4 is 9.04 Å². The van der Waals surface area contributed by atoms with E-state index < -0.39 is 10.0 Å². The van der Waals surface area contributed by atoms with Crippen LogP contribution >= 0.6 is 0 Å². The van der Waals surface area contributed by atoms with Gasteiger partial charge >= 0.3 is 0 Å². The SMILES string of the molecule is CN(c1ccccc1Oc1ccccc1)S(=O)(=O)c1c[nH]c2ncccc12. The second-order valence-corrected chi connectivity index (χ2v) is 7.85. The molecule has 4 rings (SSSR count). The first kappa shape index (κ1) is 17.1. The Labute approximate surface area is 157 Å². The average Bonchev–Trinajstić information content (AvgIpc) is 3.14. The van der Waals surface area contributed by atoms with Crippen LogP contribution in [-0.4, -0.2) is 25.4 Å². The fraction of sp³-hybridized carbons (Fsp3) is 0.0500. The number of sulfonamides is 1. The third-order valence-corrected chi connectivity index (χ3v) is 6.04. The average molecular weight is 379 g/mol. The molecule has 2 aromatic carbocycles. The van der Waals surface area contributed by atoms with Crippen LogP contribution in [0.3, 0.4) is 0 Å². The van der Waals surface area contributed by atoms with Crippen molar-refractivity contribution in [3.8, 4) is 11.5 Å². The Kier molecular flexibility index (Phi) is 4.29. The molecule has 0 aliphatic heterocycles. The Bertz CT molecular complexity index is 1190. The van der Waals surface area contributed by atoms with Gasteiger partial charge in [0.25, 0.3) is 10.0 Å². The molecule has 0 saturated carbocycles. The highest BCUT2D eigenvalue weighted by atomic mass is 32.2. The van der Waals surface area contributed by atoms with Gasteiger partial charge in [0, 0.05) is 24.8 Å². The van der Waals surface area contributed by atoms with Gasteiger partial charge < -0.3 is 9.72 Å². The van der Waals surface area contributed by atoms with Crippen molar-refractivity contribution in [3.63, 3.8) is 0 Å². The Balaban J connectivity index is 1.75. The number of aromatic nitrogens is 2. The van der Waals surface area contributed by atoms with E-state index in [9.17, 15) is 8.42 Å². The number of ether oxygens (including phenoxy) is 1. The normalized spacial score (nSPS) is 11.4. The maximum absolute atomic E-state index is 13.2. The van der Waals surface area contributed by atoms with Crippen molar-refractivity contribution >= 4 is 26.7 Å². The van der Waals surface area contributed by atoms with Crippen LogP contribution in [0.5, 0.6) is 11.5 Å². The van der Waals surface area contributed by atoms with Crippen molar-refractivity contribution in [2.24, 2.45) is 0 Å². The number of benzene rings is 2. The fourth-order valence-corrected chi connectivity index (χ4v) is 4.20. The molecule has 0 amide bonds. The molecule has 136 valence electrons. The number of rotatable bonds is 5. The first-order valence-corrected chi connectivity index (χ1v) is 9.74. The highest BCUT2D eigenvalue weighted by Crippen LogP contribution is 2.35. The summed E-state index contributed by atoms with van der Waals surface area (Å²) in [5.74, 6) is 1.08. The first-order valence-electron chi connectivity index (χ1n) is 8.30. The first-order chi connectivity index (χ1) is 13.1. The van der Waals surface area contributed by atoms with Gasteiger partial charge in [0.2, 0.25) is 0 Å². The summed E-state index contributed by atoms with van der Waals surface area (Å²) < 4.78 is 33.6. The van der Waals surface area contributed by atoms with Gasteiger partial charge in [-0.2, -0.15) is 0 Å². The number of hydrogen-bond donors (Lipinski definition) is 1. The monoisotopic (exact) mass is 379 g/mol. The van der Waals surface area contributed by atoms with Crippen LogP contribution in [0.2, 0.25) is 0 Å². The number of nitrogens with one attached hydrogen (secondary N) is 1. The minimum Gasteiger partial charge on any atom is -0.455 e. The lowest BCUT2D eigenvalue weighted by atomic mass is 10.3. The maximum atomic E-state index is 13.2. The molecule has 4 aromatic rings. The number of aromatic amines is 1. The zero-order valence-corrected chi connectivity index (χ0v) is 15.3. The van der Waals surface area contributed by atoms with Crippen molar-refractivity contribution in [2.45, 2.75) is 4.90 Å². The summed E-state index contributed by atoms with van der Waals surface area (Å²) in [4.78, 5) is 7.23. The minimum absolute atomic E-state index is 0.169. The molecule has 0 aliphatic carbocycles. The van der Waals surface area contributed by atoms with Gasteiger partial charge in [0.15, 0.2) is 5.75 Å². The number of para-hydroxylation sites is 3. The number of nitrogens with zero attached hydrogens (tertiary/aromatic N) is 2. The van der Waals surface area contributed by atoms with Crippen LogP contribution in [0.15, 0.2) is 84.0 Å². The lowest BCUT2D eigenvalue weighted by Gasteiger charge is -2.21. The van der Waals surface area contributed by atoms with Gasteiger partial charge in [0.1, 0.15) is 16.3 Å². The summed E-state index contributed by atoms with van der Waals surface area (Å²) in [5.41, 5.74) is 0.970. The second-order valence-electron chi connectivity index (χ2n) is 5.91. The van der Waals surface area contributed by atoms with Crippen molar-refractivity contribution in [1.82, 2.24) is 9.97 Å². The van der Waals surface area contributed by atoms with Gasteiger partial charge in [0.05, 0.1) is 5.69 Å². The molecule has 1 N–H and O–H groups in total. The largest absolute Gasteiger partial charge is 0.455 e. The Morgan fingerprint density at radius 3 is 2.52 bits per heavy atom. The molecule has 0 aliphatic rings. The molecular formula is C20H17N3O3S. The Morgan fingerprint density at radius 2 is 1.70 bits per heavy atom. The van der Waals surface area contributed by atoms with E-state index in [1.807, 2.05) is 30.3 Å². The topological polar surface area (TPSA) is 75.3 Å². The molecule has 0 spiro atoms. The van der Waals surface area contributed by atoms with E-state index in [0.29, 0.717) is 28.2 Å². The van der Waals surface area contributed by atoms with Gasteiger partial charge in [-0.25, -0.2) is 13.4 Å². The van der Waals surface area contributed by atoms with Crippen LogP contribution in [0.25, 0.3) is 11.0 Å². The van der Waals surface area contributed by atoms with Crippen LogP contribution in [0.1, 0.15) is 0 Å². The lowest BCUT2D eigenvalue weighted by molar-refractivity contribution is 0.483. The molecular weight excluding hydrogens is 362 g/mol. The maximum Gasteiger partial charge on any atom is 0.266 e. The zero-order chi connectivity index (χ0) is 18.9. The van der Waals surface area contributed by atoms with Crippen molar-refractivity contribution in [1.29, 1.82) is 0 Å². The number of H-pyrrole nitrogens is 1. The minimum atomic E-state index is -3.81. The molecule has 7 heteroatoms. The lowest BCUT2D eigenvalue weighted by Crippen LogP contribution is -2.26. The van der Waals surface area contributed by atoms with Crippen molar-refractivity contribution < 1.29 is 13.2 Å². The second kappa shape index (κ2) is 6.77. The molecule has 0 atom stereocenters. The third kappa shape index (κ3) is 3.13. The molecule has 2 heterocycles. The zero-order valence-electron chi connectivity index (χ0n) is 14.5. The summed E-state index contributed by atoms with van der Waals surface area (Å²) in [6.45, 7) is 0. The fourth-order valence-electron chi connectivity index (χ4n) is 2.84. The molecule has 6 nitrogen and oxygen atoms in total.